The van der Waals surface area contributed by atoms with Crippen LogP contribution in [0.15, 0.2) is 24.3 Å². The van der Waals surface area contributed by atoms with E-state index >= 15 is 0 Å². The Morgan fingerprint density at radius 3 is 2.35 bits per heavy atom. The molecule has 1 aliphatic carbocycles. The maximum atomic E-state index is 13.0. The summed E-state index contributed by atoms with van der Waals surface area (Å²) in [6.07, 6.45) is -0.931. The number of hydrogen-bond donors (Lipinski definition) is 1. The number of carbonyl (C=O) groups is 2. The van der Waals surface area contributed by atoms with Crippen molar-refractivity contribution in [2.24, 2.45) is 0 Å². The highest BCUT2D eigenvalue weighted by Gasteiger charge is 2.40. The molecular weight excluding hydrogens is 387 g/mol. The van der Waals surface area contributed by atoms with Gasteiger partial charge in [0.2, 0.25) is 0 Å². The zero-order valence-electron chi connectivity index (χ0n) is 13.6. The minimum Gasteiger partial charge on any atom is -0.309 e. The van der Waals surface area contributed by atoms with E-state index in [0.717, 1.165) is 41.0 Å². The maximum Gasteiger partial charge on any atom is 0.471 e. The van der Waals surface area contributed by atoms with Gasteiger partial charge in [0, 0.05) is 15.5 Å². The van der Waals surface area contributed by atoms with Crippen LogP contribution < -0.4 is 5.32 Å². The highest BCUT2D eigenvalue weighted by Crippen LogP contribution is 2.39. The van der Waals surface area contributed by atoms with E-state index in [0.29, 0.717) is 23.4 Å². The van der Waals surface area contributed by atoms with Gasteiger partial charge in [-0.1, -0.05) is 18.0 Å². The van der Waals surface area contributed by atoms with E-state index in [-0.39, 0.29) is 10.6 Å². The molecule has 8 heteroatoms. The molecule has 0 spiro atoms. The summed E-state index contributed by atoms with van der Waals surface area (Å²) in [6, 6.07) is 6.16. The second kappa shape index (κ2) is 7.40. The van der Waals surface area contributed by atoms with Gasteiger partial charge < -0.3 is 5.32 Å². The summed E-state index contributed by atoms with van der Waals surface area (Å²) < 4.78 is 38.0. The molecule has 0 fully saturated rings. The quantitative estimate of drug-likeness (QED) is 0.552. The molecule has 3 nitrogen and oxygen atoms in total. The van der Waals surface area contributed by atoms with Crippen LogP contribution in [0.5, 0.6) is 0 Å². The lowest BCUT2D eigenvalue weighted by Gasteiger charge is -2.10. The fraction of sp³-hybridized carbons (Fsp3) is 0.333. The Hall–Kier alpha value is -1.86. The number of fused-ring (bicyclic) bond motifs is 1. The van der Waals surface area contributed by atoms with Crippen LogP contribution in [-0.4, -0.2) is 17.9 Å². The minimum atomic E-state index is -5.01. The molecular formula is C18H15ClF3NO2S. The highest BCUT2D eigenvalue weighted by atomic mass is 35.5. The third kappa shape index (κ3) is 3.94. The summed E-state index contributed by atoms with van der Waals surface area (Å²) in [5.74, 6) is -2.47. The number of aryl methyl sites for hydroxylation is 1. The van der Waals surface area contributed by atoms with Crippen molar-refractivity contribution in [1.82, 2.24) is 0 Å². The number of alkyl halides is 3. The van der Waals surface area contributed by atoms with Crippen molar-refractivity contribution >= 4 is 39.6 Å². The molecule has 3 rings (SSSR count). The molecule has 2 aromatic rings. The molecule has 0 saturated carbocycles. The first-order valence-corrected chi connectivity index (χ1v) is 9.30. The van der Waals surface area contributed by atoms with Crippen LogP contribution >= 0.6 is 22.9 Å². The second-order valence-corrected chi connectivity index (χ2v) is 7.60. The number of thiophene rings is 1. The van der Waals surface area contributed by atoms with Crippen LogP contribution in [0.1, 0.15) is 45.6 Å². The van der Waals surface area contributed by atoms with E-state index in [9.17, 15) is 22.8 Å². The van der Waals surface area contributed by atoms with E-state index in [4.69, 9.17) is 11.6 Å². The summed E-state index contributed by atoms with van der Waals surface area (Å²) in [5, 5.41) is 2.32. The number of halogens is 4. The predicted octanol–water partition coefficient (Wildman–Crippen LogP) is 5.40. The van der Waals surface area contributed by atoms with Gasteiger partial charge in [0.1, 0.15) is 5.00 Å². The summed E-state index contributed by atoms with van der Waals surface area (Å²) in [4.78, 5) is 25.3. The molecule has 0 unspecified atom stereocenters. The van der Waals surface area contributed by atoms with Gasteiger partial charge in [-0.05, 0) is 55.5 Å². The normalized spacial score (nSPS) is 14.5. The molecule has 0 bridgehead atoms. The van der Waals surface area contributed by atoms with Crippen molar-refractivity contribution in [3.8, 4) is 0 Å². The molecule has 0 atom stereocenters. The zero-order valence-corrected chi connectivity index (χ0v) is 15.2. The van der Waals surface area contributed by atoms with Crippen molar-refractivity contribution in [3.63, 3.8) is 0 Å². The molecule has 0 aliphatic heterocycles. The average Bonchev–Trinajstić information content (AvgIpc) is 2.75. The molecule has 138 valence electrons. The number of amides is 1. The third-order valence-corrected chi connectivity index (χ3v) is 5.70. The molecule has 1 aromatic heterocycles. The number of carbonyl (C=O) groups excluding carboxylic acids is 2. The topological polar surface area (TPSA) is 46.2 Å². The first-order chi connectivity index (χ1) is 12.3. The van der Waals surface area contributed by atoms with Gasteiger partial charge in [0.25, 0.3) is 0 Å². The lowest BCUT2D eigenvalue weighted by molar-refractivity contribution is -0.167. The number of hydrogen-bond acceptors (Lipinski definition) is 3. The molecule has 0 saturated heterocycles. The van der Waals surface area contributed by atoms with E-state index in [1.807, 2.05) is 5.32 Å². The molecule has 0 radical (unpaired) electrons. The van der Waals surface area contributed by atoms with Crippen molar-refractivity contribution in [1.29, 1.82) is 0 Å². The van der Waals surface area contributed by atoms with Gasteiger partial charge >= 0.3 is 12.1 Å². The second-order valence-electron chi connectivity index (χ2n) is 6.06. The predicted molar refractivity (Wildman–Crippen MR) is 95.1 cm³/mol. The van der Waals surface area contributed by atoms with Gasteiger partial charge in [-0.3, -0.25) is 9.59 Å². The fourth-order valence-corrected chi connectivity index (χ4v) is 4.40. The van der Waals surface area contributed by atoms with Crippen molar-refractivity contribution in [2.75, 3.05) is 5.32 Å². The Bertz CT molecular complexity index is 843. The van der Waals surface area contributed by atoms with Crippen LogP contribution in [0.4, 0.5) is 18.2 Å². The zero-order chi connectivity index (χ0) is 18.9. The van der Waals surface area contributed by atoms with Gasteiger partial charge in [0.15, 0.2) is 5.78 Å². The van der Waals surface area contributed by atoms with E-state index in [2.05, 4.69) is 0 Å². The number of nitrogens with one attached hydrogen (secondary N) is 1. The Morgan fingerprint density at radius 2 is 1.69 bits per heavy atom. The van der Waals surface area contributed by atoms with Gasteiger partial charge in [0.05, 0.1) is 5.56 Å². The Balaban J connectivity index is 2.05. The van der Waals surface area contributed by atoms with Crippen LogP contribution in [0, 0.1) is 0 Å². The summed E-state index contributed by atoms with van der Waals surface area (Å²) >= 11 is 6.90. The fourth-order valence-electron chi connectivity index (χ4n) is 2.99. The monoisotopic (exact) mass is 401 g/mol. The van der Waals surface area contributed by atoms with E-state index < -0.39 is 17.9 Å². The van der Waals surface area contributed by atoms with Crippen molar-refractivity contribution < 1.29 is 22.8 Å². The van der Waals surface area contributed by atoms with Gasteiger partial charge in [-0.2, -0.15) is 13.2 Å². The molecule has 1 N–H and O–H groups in total. The minimum absolute atomic E-state index is 0.0285. The number of rotatable bonds is 3. The van der Waals surface area contributed by atoms with Crippen LogP contribution in [0.2, 0.25) is 5.02 Å². The smallest absolute Gasteiger partial charge is 0.309 e. The molecule has 1 aromatic carbocycles. The first-order valence-electron chi connectivity index (χ1n) is 8.10. The molecule has 1 aliphatic rings. The Kier molecular flexibility index (Phi) is 5.39. The Morgan fingerprint density at radius 1 is 1.04 bits per heavy atom. The molecule has 1 heterocycles. The highest BCUT2D eigenvalue weighted by molar-refractivity contribution is 7.17. The standard InChI is InChI=1S/C18H15ClF3NO2S/c19-11-8-6-10(7-9-11)15(24)14-12-4-2-1-3-5-13(12)26-16(14)23-17(25)18(20,21)22/h6-9H,1-5H2,(H,23,25). The Labute approximate surface area is 157 Å². The summed E-state index contributed by atoms with van der Waals surface area (Å²) in [7, 11) is 0. The van der Waals surface area contributed by atoms with Crippen molar-refractivity contribution in [3.05, 3.63) is 50.9 Å². The van der Waals surface area contributed by atoms with E-state index in [1.165, 1.54) is 12.1 Å². The number of benzene rings is 1. The molecule has 1 amide bonds. The van der Waals surface area contributed by atoms with Crippen LogP contribution in [0.3, 0.4) is 0 Å². The summed E-state index contributed by atoms with van der Waals surface area (Å²) in [6.45, 7) is 0. The molecule has 26 heavy (non-hydrogen) atoms. The van der Waals surface area contributed by atoms with Gasteiger partial charge in [-0.25, -0.2) is 0 Å². The number of ketones is 1. The van der Waals surface area contributed by atoms with Crippen LogP contribution in [-0.2, 0) is 17.6 Å². The third-order valence-electron chi connectivity index (χ3n) is 4.24. The maximum absolute atomic E-state index is 13.0. The average molecular weight is 402 g/mol. The first kappa shape index (κ1) is 18.9. The van der Waals surface area contributed by atoms with Crippen LogP contribution in [0.25, 0.3) is 0 Å². The van der Waals surface area contributed by atoms with Crippen molar-refractivity contribution in [2.45, 2.75) is 38.3 Å². The number of anilines is 1. The van der Waals surface area contributed by atoms with E-state index in [1.54, 1.807) is 12.1 Å². The SMILES string of the molecule is O=C(c1ccc(Cl)cc1)c1c(NC(=O)C(F)(F)F)sc2c1CCCCC2. The van der Waals surface area contributed by atoms with Gasteiger partial charge in [-0.15, -0.1) is 11.3 Å². The summed E-state index contributed by atoms with van der Waals surface area (Å²) in [5.41, 5.74) is 1.25. The lowest BCUT2D eigenvalue weighted by Crippen LogP contribution is -2.30. The lowest BCUT2D eigenvalue weighted by atomic mass is 9.97. The largest absolute Gasteiger partial charge is 0.471 e.